The van der Waals surface area contributed by atoms with Crippen molar-refractivity contribution >= 4 is 11.6 Å². The molecule has 0 aliphatic heterocycles. The van der Waals surface area contributed by atoms with Gasteiger partial charge in [-0.15, -0.1) is 0 Å². The SMILES string of the molecule is Cc1ccccc1Oc1cc(-n2c(=O)cc(C(F)(F)F)[nH]c2=O)c(Cl)cc1C#N. The number of aromatic amines is 1. The second-order valence-corrected chi connectivity index (χ2v) is 6.35. The average Bonchev–Trinajstić information content (AvgIpc) is 2.64. The Labute approximate surface area is 166 Å². The van der Waals surface area contributed by atoms with Crippen molar-refractivity contribution < 1.29 is 17.9 Å². The highest BCUT2D eigenvalue weighted by molar-refractivity contribution is 6.32. The topological polar surface area (TPSA) is 87.9 Å². The Morgan fingerprint density at radius 3 is 2.41 bits per heavy atom. The molecule has 0 spiro atoms. The minimum Gasteiger partial charge on any atom is -0.456 e. The van der Waals surface area contributed by atoms with Crippen LogP contribution in [0.2, 0.25) is 5.02 Å². The number of hydrogen-bond donors (Lipinski definition) is 1. The lowest BCUT2D eigenvalue weighted by atomic mass is 10.1. The number of aromatic nitrogens is 2. The number of nitrogens with zero attached hydrogens (tertiary/aromatic N) is 2. The Bertz CT molecular complexity index is 1230. The molecule has 10 heteroatoms. The van der Waals surface area contributed by atoms with E-state index in [-0.39, 0.29) is 28.1 Å². The molecule has 0 saturated heterocycles. The van der Waals surface area contributed by atoms with Crippen molar-refractivity contribution in [3.63, 3.8) is 0 Å². The molecule has 0 bridgehead atoms. The van der Waals surface area contributed by atoms with Gasteiger partial charge in [-0.1, -0.05) is 29.8 Å². The van der Waals surface area contributed by atoms with E-state index >= 15 is 0 Å². The van der Waals surface area contributed by atoms with E-state index in [0.29, 0.717) is 10.3 Å². The maximum Gasteiger partial charge on any atom is 0.431 e. The minimum atomic E-state index is -4.90. The molecule has 3 rings (SSSR count). The highest BCUT2D eigenvalue weighted by Gasteiger charge is 2.33. The molecule has 0 saturated carbocycles. The number of nitrogens with one attached hydrogen (secondary N) is 1. The smallest absolute Gasteiger partial charge is 0.431 e. The maximum atomic E-state index is 12.8. The third kappa shape index (κ3) is 4.02. The zero-order chi connectivity index (χ0) is 21.3. The van der Waals surface area contributed by atoms with E-state index in [1.807, 2.05) is 6.07 Å². The fourth-order valence-electron chi connectivity index (χ4n) is 2.55. The molecule has 0 fully saturated rings. The number of alkyl halides is 3. The first-order chi connectivity index (χ1) is 13.6. The van der Waals surface area contributed by atoms with Gasteiger partial charge in [-0.05, 0) is 24.6 Å². The van der Waals surface area contributed by atoms with E-state index in [4.69, 9.17) is 16.3 Å². The Morgan fingerprint density at radius 2 is 1.83 bits per heavy atom. The van der Waals surface area contributed by atoms with Crippen LogP contribution in [-0.4, -0.2) is 9.55 Å². The highest BCUT2D eigenvalue weighted by Crippen LogP contribution is 2.33. The number of nitriles is 1. The van der Waals surface area contributed by atoms with E-state index in [9.17, 15) is 28.0 Å². The van der Waals surface area contributed by atoms with E-state index in [1.165, 1.54) is 0 Å². The van der Waals surface area contributed by atoms with Gasteiger partial charge in [0.2, 0.25) is 0 Å². The van der Waals surface area contributed by atoms with Gasteiger partial charge in [0, 0.05) is 12.1 Å². The minimum absolute atomic E-state index is 0.0124. The van der Waals surface area contributed by atoms with Crippen LogP contribution in [0.4, 0.5) is 13.2 Å². The van der Waals surface area contributed by atoms with E-state index in [2.05, 4.69) is 0 Å². The Balaban J connectivity index is 2.20. The van der Waals surface area contributed by atoms with Gasteiger partial charge in [0.25, 0.3) is 5.56 Å². The van der Waals surface area contributed by atoms with Gasteiger partial charge in [0.15, 0.2) is 0 Å². The number of halogens is 4. The molecule has 1 N–H and O–H groups in total. The fraction of sp³-hybridized carbons (Fsp3) is 0.105. The third-order valence-corrected chi connectivity index (χ3v) is 4.26. The first-order valence-electron chi connectivity index (χ1n) is 8.03. The van der Waals surface area contributed by atoms with Gasteiger partial charge >= 0.3 is 11.9 Å². The van der Waals surface area contributed by atoms with Gasteiger partial charge in [0.05, 0.1) is 16.3 Å². The summed E-state index contributed by atoms with van der Waals surface area (Å²) in [5, 5.41) is 9.15. The molecule has 1 heterocycles. The predicted molar refractivity (Wildman–Crippen MR) is 98.6 cm³/mol. The number of rotatable bonds is 3. The van der Waals surface area contributed by atoms with Crippen LogP contribution < -0.4 is 16.0 Å². The lowest BCUT2D eigenvalue weighted by molar-refractivity contribution is -0.141. The number of para-hydroxylation sites is 1. The number of ether oxygens (including phenoxy) is 1. The summed E-state index contributed by atoms with van der Waals surface area (Å²) in [4.78, 5) is 26.0. The van der Waals surface area contributed by atoms with Crippen molar-refractivity contribution in [1.29, 1.82) is 5.26 Å². The quantitative estimate of drug-likeness (QED) is 0.687. The molecule has 148 valence electrons. The van der Waals surface area contributed by atoms with Crippen molar-refractivity contribution in [2.24, 2.45) is 0 Å². The lowest BCUT2D eigenvalue weighted by Gasteiger charge is -2.14. The Kier molecular flexibility index (Phi) is 5.22. The maximum absolute atomic E-state index is 12.8. The zero-order valence-corrected chi connectivity index (χ0v) is 15.4. The molecule has 0 atom stereocenters. The van der Waals surface area contributed by atoms with E-state index < -0.39 is 23.1 Å². The van der Waals surface area contributed by atoms with Crippen LogP contribution >= 0.6 is 11.6 Å². The van der Waals surface area contributed by atoms with E-state index in [0.717, 1.165) is 17.7 Å². The first kappa shape index (κ1) is 20.2. The van der Waals surface area contributed by atoms with Gasteiger partial charge in [-0.25, -0.2) is 9.36 Å². The number of hydrogen-bond acceptors (Lipinski definition) is 4. The second kappa shape index (κ2) is 7.48. The predicted octanol–water partition coefficient (Wildman–Crippen LogP) is 4.17. The molecular formula is C19H11ClF3N3O3. The summed E-state index contributed by atoms with van der Waals surface area (Å²) in [6, 6.07) is 11.3. The standard InChI is InChI=1S/C19H11ClF3N3O3/c1-10-4-2-3-5-14(10)29-15-7-13(12(20)6-11(15)9-24)26-17(27)8-16(19(21,22)23)25-18(26)28/h2-8H,1H3,(H,25,28). The molecule has 0 aliphatic carbocycles. The van der Waals surface area contributed by atoms with Crippen LogP contribution in [-0.2, 0) is 6.18 Å². The van der Waals surface area contributed by atoms with Crippen LogP contribution in [0, 0.1) is 18.3 Å². The van der Waals surface area contributed by atoms with Crippen LogP contribution in [0.15, 0.2) is 52.1 Å². The molecule has 1 aromatic heterocycles. The van der Waals surface area contributed by atoms with Crippen LogP contribution in [0.25, 0.3) is 5.69 Å². The molecular weight excluding hydrogens is 411 g/mol. The van der Waals surface area contributed by atoms with Gasteiger partial charge < -0.3 is 9.72 Å². The highest BCUT2D eigenvalue weighted by atomic mass is 35.5. The third-order valence-electron chi connectivity index (χ3n) is 3.96. The molecule has 2 aromatic carbocycles. The molecule has 3 aromatic rings. The monoisotopic (exact) mass is 421 g/mol. The van der Waals surface area contributed by atoms with Crippen molar-refractivity contribution in [2.75, 3.05) is 0 Å². The molecule has 0 amide bonds. The summed E-state index contributed by atoms with van der Waals surface area (Å²) in [6.07, 6.45) is -4.90. The van der Waals surface area contributed by atoms with Gasteiger partial charge in [-0.2, -0.15) is 18.4 Å². The lowest BCUT2D eigenvalue weighted by Crippen LogP contribution is -2.36. The molecule has 0 unspecified atom stereocenters. The first-order valence-corrected chi connectivity index (χ1v) is 8.40. The van der Waals surface area contributed by atoms with Crippen LogP contribution in [0.1, 0.15) is 16.8 Å². The normalized spacial score (nSPS) is 11.2. The summed E-state index contributed by atoms with van der Waals surface area (Å²) >= 11 is 6.08. The summed E-state index contributed by atoms with van der Waals surface area (Å²) in [5.41, 5.74) is -3.53. The van der Waals surface area contributed by atoms with E-state index in [1.54, 1.807) is 36.2 Å². The van der Waals surface area contributed by atoms with Crippen molar-refractivity contribution in [1.82, 2.24) is 9.55 Å². The molecule has 29 heavy (non-hydrogen) atoms. The Morgan fingerprint density at radius 1 is 1.14 bits per heavy atom. The van der Waals surface area contributed by atoms with Gasteiger partial charge in [0.1, 0.15) is 23.3 Å². The fourth-order valence-corrected chi connectivity index (χ4v) is 2.80. The summed E-state index contributed by atoms with van der Waals surface area (Å²) < 4.78 is 44.6. The van der Waals surface area contributed by atoms with Crippen LogP contribution in [0.3, 0.4) is 0 Å². The summed E-state index contributed by atoms with van der Waals surface area (Å²) in [5.74, 6) is 0.387. The number of aryl methyl sites for hydroxylation is 1. The van der Waals surface area contributed by atoms with Crippen LogP contribution in [0.5, 0.6) is 11.5 Å². The largest absolute Gasteiger partial charge is 0.456 e. The average molecular weight is 422 g/mol. The molecule has 0 aliphatic rings. The van der Waals surface area contributed by atoms with Crippen molar-refractivity contribution in [3.05, 3.63) is 85.1 Å². The number of H-pyrrole nitrogens is 1. The summed E-state index contributed by atoms with van der Waals surface area (Å²) in [7, 11) is 0. The molecule has 6 nitrogen and oxygen atoms in total. The zero-order valence-electron chi connectivity index (χ0n) is 14.7. The second-order valence-electron chi connectivity index (χ2n) is 5.94. The molecule has 0 radical (unpaired) electrons. The summed E-state index contributed by atoms with van der Waals surface area (Å²) in [6.45, 7) is 1.77. The van der Waals surface area contributed by atoms with Gasteiger partial charge in [-0.3, -0.25) is 4.79 Å². The van der Waals surface area contributed by atoms with Crippen molar-refractivity contribution in [2.45, 2.75) is 13.1 Å². The number of benzene rings is 2. The van der Waals surface area contributed by atoms with Crippen molar-refractivity contribution in [3.8, 4) is 23.3 Å². The Hall–Kier alpha value is -3.51.